The topological polar surface area (TPSA) is 15.3 Å². The van der Waals surface area contributed by atoms with Gasteiger partial charge in [-0.05, 0) is 29.1 Å². The molecule has 1 saturated heterocycles. The molecule has 2 aromatic rings. The van der Waals surface area contributed by atoms with Crippen LogP contribution in [0.5, 0.6) is 0 Å². The van der Waals surface area contributed by atoms with Gasteiger partial charge < -0.3 is 5.32 Å². The van der Waals surface area contributed by atoms with E-state index in [-0.39, 0.29) is 11.9 Å². The van der Waals surface area contributed by atoms with Crippen molar-refractivity contribution in [1.82, 2.24) is 10.2 Å². The second-order valence-electron chi connectivity index (χ2n) is 4.87. The van der Waals surface area contributed by atoms with E-state index < -0.39 is 0 Å². The number of nitrogens with one attached hydrogen (secondary N) is 1. The van der Waals surface area contributed by atoms with Gasteiger partial charge in [0.15, 0.2) is 0 Å². The van der Waals surface area contributed by atoms with Crippen LogP contribution in [0.3, 0.4) is 0 Å². The lowest BCUT2D eigenvalue weighted by Gasteiger charge is -2.35. The Morgan fingerprint density at radius 1 is 1.25 bits per heavy atom. The van der Waals surface area contributed by atoms with Crippen molar-refractivity contribution in [1.29, 1.82) is 0 Å². The van der Waals surface area contributed by atoms with Crippen LogP contribution < -0.4 is 5.32 Å². The van der Waals surface area contributed by atoms with Gasteiger partial charge in [-0.15, -0.1) is 11.3 Å². The Hall–Kier alpha value is -0.940. The lowest BCUT2D eigenvalue weighted by atomic mass is 10.0. The second-order valence-corrected chi connectivity index (χ2v) is 6.26. The van der Waals surface area contributed by atoms with Gasteiger partial charge in [-0.25, -0.2) is 4.39 Å². The molecule has 1 aliphatic heterocycles. The van der Waals surface area contributed by atoms with Crippen molar-refractivity contribution in [2.45, 2.75) is 6.04 Å². The standard InChI is InChI=1S/C15H16ClFN2S/c16-13-10-11(17)3-4-12(13)15(14-2-1-9-20-14)19-7-5-18-6-8-19/h1-4,9-10,15,18H,5-8H2/t15-/m0/s1. The molecule has 2 nitrogen and oxygen atoms in total. The van der Waals surface area contributed by atoms with Crippen molar-refractivity contribution < 1.29 is 4.39 Å². The van der Waals surface area contributed by atoms with Crippen LogP contribution in [-0.2, 0) is 0 Å². The fourth-order valence-corrected chi connectivity index (χ4v) is 3.79. The van der Waals surface area contributed by atoms with Crippen molar-refractivity contribution in [3.05, 3.63) is 57.0 Å². The smallest absolute Gasteiger partial charge is 0.124 e. The number of hydrogen-bond acceptors (Lipinski definition) is 3. The molecule has 1 fully saturated rings. The summed E-state index contributed by atoms with van der Waals surface area (Å²) in [6, 6.07) is 8.99. The third kappa shape index (κ3) is 2.88. The minimum atomic E-state index is -0.288. The lowest BCUT2D eigenvalue weighted by molar-refractivity contribution is 0.200. The predicted molar refractivity (Wildman–Crippen MR) is 82.0 cm³/mol. The number of rotatable bonds is 3. The van der Waals surface area contributed by atoms with Gasteiger partial charge in [0.05, 0.1) is 6.04 Å². The molecule has 1 N–H and O–H groups in total. The Labute approximate surface area is 127 Å². The Bertz CT molecular complexity index is 567. The molecule has 20 heavy (non-hydrogen) atoms. The molecular formula is C15H16ClFN2S. The van der Waals surface area contributed by atoms with E-state index in [1.165, 1.54) is 17.0 Å². The van der Waals surface area contributed by atoms with E-state index in [0.29, 0.717) is 5.02 Å². The van der Waals surface area contributed by atoms with Crippen LogP contribution >= 0.6 is 22.9 Å². The van der Waals surface area contributed by atoms with Gasteiger partial charge in [-0.1, -0.05) is 23.7 Å². The van der Waals surface area contributed by atoms with Gasteiger partial charge in [-0.3, -0.25) is 4.90 Å². The number of piperazine rings is 1. The molecule has 5 heteroatoms. The minimum Gasteiger partial charge on any atom is -0.314 e. The maximum atomic E-state index is 13.3. The number of thiophene rings is 1. The molecule has 0 amide bonds. The predicted octanol–water partition coefficient (Wildman–Crippen LogP) is 3.54. The summed E-state index contributed by atoms with van der Waals surface area (Å²) in [5, 5.41) is 5.93. The zero-order chi connectivity index (χ0) is 13.9. The third-order valence-electron chi connectivity index (χ3n) is 3.59. The van der Waals surface area contributed by atoms with Crippen molar-refractivity contribution in [2.75, 3.05) is 26.2 Å². The maximum absolute atomic E-state index is 13.3. The highest BCUT2D eigenvalue weighted by molar-refractivity contribution is 7.10. The Balaban J connectivity index is 2.00. The zero-order valence-electron chi connectivity index (χ0n) is 11.0. The summed E-state index contributed by atoms with van der Waals surface area (Å²) in [4.78, 5) is 3.65. The molecule has 1 aliphatic rings. The summed E-state index contributed by atoms with van der Waals surface area (Å²) in [6.45, 7) is 3.88. The van der Waals surface area contributed by atoms with Crippen molar-refractivity contribution >= 4 is 22.9 Å². The van der Waals surface area contributed by atoms with Crippen molar-refractivity contribution in [2.24, 2.45) is 0 Å². The molecule has 0 spiro atoms. The van der Waals surface area contributed by atoms with Crippen LogP contribution in [0.15, 0.2) is 35.7 Å². The molecule has 1 atom stereocenters. The molecule has 106 valence electrons. The molecule has 0 saturated carbocycles. The van der Waals surface area contributed by atoms with Gasteiger partial charge in [0.25, 0.3) is 0 Å². The molecule has 0 unspecified atom stereocenters. The minimum absolute atomic E-state index is 0.116. The summed E-state index contributed by atoms with van der Waals surface area (Å²) in [5.74, 6) is -0.288. The third-order valence-corrected chi connectivity index (χ3v) is 4.84. The van der Waals surface area contributed by atoms with Gasteiger partial charge >= 0.3 is 0 Å². The highest BCUT2D eigenvalue weighted by atomic mass is 35.5. The highest BCUT2D eigenvalue weighted by Gasteiger charge is 2.26. The average molecular weight is 311 g/mol. The fraction of sp³-hybridized carbons (Fsp3) is 0.333. The Kier molecular flexibility index (Phi) is 4.36. The molecule has 1 aromatic heterocycles. The largest absolute Gasteiger partial charge is 0.314 e. The molecule has 0 radical (unpaired) electrons. The van der Waals surface area contributed by atoms with Gasteiger partial charge in [0.1, 0.15) is 5.82 Å². The van der Waals surface area contributed by atoms with Crippen molar-refractivity contribution in [3.8, 4) is 0 Å². The first-order valence-electron chi connectivity index (χ1n) is 6.69. The molecule has 0 aliphatic carbocycles. The molecule has 1 aromatic carbocycles. The first-order valence-corrected chi connectivity index (χ1v) is 7.94. The van der Waals surface area contributed by atoms with E-state index >= 15 is 0 Å². The summed E-state index contributed by atoms with van der Waals surface area (Å²) >= 11 is 8.00. The van der Waals surface area contributed by atoms with E-state index in [4.69, 9.17) is 11.6 Å². The molecule has 2 heterocycles. The summed E-state index contributed by atoms with van der Waals surface area (Å²) < 4.78 is 13.3. The normalized spacial score (nSPS) is 18.1. The first kappa shape index (κ1) is 14.0. The van der Waals surface area contributed by atoms with Crippen molar-refractivity contribution in [3.63, 3.8) is 0 Å². The Morgan fingerprint density at radius 3 is 2.70 bits per heavy atom. The SMILES string of the molecule is Fc1ccc([C@@H](c2cccs2)N2CCNCC2)c(Cl)c1. The van der Waals surface area contributed by atoms with E-state index in [0.717, 1.165) is 31.7 Å². The highest BCUT2D eigenvalue weighted by Crippen LogP contribution is 2.36. The molecule has 3 rings (SSSR count). The number of nitrogens with zero attached hydrogens (tertiary/aromatic N) is 1. The van der Waals surface area contributed by atoms with Gasteiger partial charge in [0.2, 0.25) is 0 Å². The second kappa shape index (κ2) is 6.22. The quantitative estimate of drug-likeness (QED) is 0.933. The van der Waals surface area contributed by atoms with Crippen LogP contribution in [0.2, 0.25) is 5.02 Å². The number of benzene rings is 1. The first-order chi connectivity index (χ1) is 9.75. The average Bonchev–Trinajstić information content (AvgIpc) is 2.97. The van der Waals surface area contributed by atoms with Crippen LogP contribution in [-0.4, -0.2) is 31.1 Å². The van der Waals surface area contributed by atoms with Crippen LogP contribution in [0.1, 0.15) is 16.5 Å². The van der Waals surface area contributed by atoms with Gasteiger partial charge in [-0.2, -0.15) is 0 Å². The van der Waals surface area contributed by atoms with Crippen LogP contribution in [0.25, 0.3) is 0 Å². The van der Waals surface area contributed by atoms with Crippen LogP contribution in [0, 0.1) is 5.82 Å². The number of hydrogen-bond donors (Lipinski definition) is 1. The van der Waals surface area contributed by atoms with E-state index in [9.17, 15) is 4.39 Å². The summed E-state index contributed by atoms with van der Waals surface area (Å²) in [5.41, 5.74) is 0.984. The van der Waals surface area contributed by atoms with E-state index in [1.54, 1.807) is 11.3 Å². The monoisotopic (exact) mass is 310 g/mol. The van der Waals surface area contributed by atoms with E-state index in [1.807, 2.05) is 12.1 Å². The maximum Gasteiger partial charge on any atom is 0.124 e. The lowest BCUT2D eigenvalue weighted by Crippen LogP contribution is -2.45. The molecule has 0 bridgehead atoms. The summed E-state index contributed by atoms with van der Waals surface area (Å²) in [7, 11) is 0. The van der Waals surface area contributed by atoms with Gasteiger partial charge in [0, 0.05) is 36.1 Å². The number of halogens is 2. The van der Waals surface area contributed by atoms with E-state index in [2.05, 4.69) is 21.7 Å². The zero-order valence-corrected chi connectivity index (χ0v) is 12.6. The summed E-state index contributed by atoms with van der Waals surface area (Å²) in [6.07, 6.45) is 0. The van der Waals surface area contributed by atoms with Crippen LogP contribution in [0.4, 0.5) is 4.39 Å². The Morgan fingerprint density at radius 2 is 2.05 bits per heavy atom. The fourth-order valence-electron chi connectivity index (χ4n) is 2.64. The molecular weight excluding hydrogens is 295 g/mol.